The van der Waals surface area contributed by atoms with Gasteiger partial charge in [0.05, 0.1) is 10.2 Å². The number of ether oxygens (including phenoxy) is 1. The van der Waals surface area contributed by atoms with E-state index < -0.39 is 11.4 Å². The van der Waals surface area contributed by atoms with Crippen molar-refractivity contribution in [2.24, 2.45) is 0 Å². The van der Waals surface area contributed by atoms with Crippen molar-refractivity contribution in [1.82, 2.24) is 9.88 Å². The zero-order chi connectivity index (χ0) is 21.5. The number of amides is 1. The summed E-state index contributed by atoms with van der Waals surface area (Å²) in [5, 5.41) is 10.1. The normalized spacial score (nSPS) is 17.4. The summed E-state index contributed by atoms with van der Waals surface area (Å²) < 4.78 is 20.4. The number of anilines is 1. The van der Waals surface area contributed by atoms with E-state index in [2.05, 4.69) is 27.0 Å². The van der Waals surface area contributed by atoms with Crippen LogP contribution in [-0.2, 0) is 4.74 Å². The van der Waals surface area contributed by atoms with Crippen LogP contribution < -0.4 is 4.90 Å². The predicted molar refractivity (Wildman–Crippen MR) is 114 cm³/mol. The van der Waals surface area contributed by atoms with Crippen LogP contribution in [0.2, 0.25) is 5.15 Å². The molecule has 154 valence electrons. The van der Waals surface area contributed by atoms with Gasteiger partial charge >= 0.3 is 6.09 Å². The van der Waals surface area contributed by atoms with Crippen LogP contribution in [0.25, 0.3) is 10.9 Å². The topological polar surface area (TPSA) is 69.5 Å². The highest BCUT2D eigenvalue weighted by atomic mass is 79.9. The van der Waals surface area contributed by atoms with E-state index in [1.54, 1.807) is 17.0 Å². The van der Waals surface area contributed by atoms with Crippen LogP contribution in [0.3, 0.4) is 0 Å². The number of nitrogens with zero attached hydrogens (tertiary/aromatic N) is 4. The molecule has 1 unspecified atom stereocenters. The van der Waals surface area contributed by atoms with Crippen molar-refractivity contribution in [2.45, 2.75) is 39.3 Å². The first kappa shape index (κ1) is 21.6. The molecule has 0 aliphatic carbocycles. The molecule has 0 radical (unpaired) electrons. The molecular formula is C20H21BrClFN4O2. The fraction of sp³-hybridized carbons (Fsp3) is 0.450. The second kappa shape index (κ2) is 7.96. The van der Waals surface area contributed by atoms with Crippen LogP contribution in [0.15, 0.2) is 16.6 Å². The van der Waals surface area contributed by atoms with Crippen molar-refractivity contribution < 1.29 is 13.9 Å². The van der Waals surface area contributed by atoms with Crippen LogP contribution in [0.4, 0.5) is 14.9 Å². The highest BCUT2D eigenvalue weighted by molar-refractivity contribution is 9.10. The molecule has 1 aliphatic rings. The Kier molecular flexibility index (Phi) is 5.93. The molecule has 1 aromatic carbocycles. The lowest BCUT2D eigenvalue weighted by molar-refractivity contribution is 0.0219. The number of pyridine rings is 1. The summed E-state index contributed by atoms with van der Waals surface area (Å²) in [6, 6.07) is 5.26. The molecule has 1 saturated heterocycles. The Morgan fingerprint density at radius 1 is 1.41 bits per heavy atom. The van der Waals surface area contributed by atoms with Gasteiger partial charge in [0.1, 0.15) is 27.9 Å². The Balaban J connectivity index is 2.00. The number of aromatic nitrogens is 1. The van der Waals surface area contributed by atoms with E-state index >= 15 is 0 Å². The van der Waals surface area contributed by atoms with Gasteiger partial charge in [0.15, 0.2) is 5.82 Å². The Morgan fingerprint density at radius 3 is 2.69 bits per heavy atom. The average Bonchev–Trinajstić information content (AvgIpc) is 2.63. The number of fused-ring (bicyclic) bond motifs is 1. The van der Waals surface area contributed by atoms with E-state index in [0.29, 0.717) is 30.7 Å². The van der Waals surface area contributed by atoms with Crippen molar-refractivity contribution in [3.8, 4) is 6.07 Å². The minimum atomic E-state index is -0.578. The molecular weight excluding hydrogens is 463 g/mol. The van der Waals surface area contributed by atoms with Crippen LogP contribution in [0, 0.1) is 17.1 Å². The number of nitriles is 1. The Bertz CT molecular complexity index is 1020. The van der Waals surface area contributed by atoms with Gasteiger partial charge in [-0.05, 0) is 55.8 Å². The minimum absolute atomic E-state index is 0.0474. The molecule has 2 aromatic rings. The second-order valence-corrected chi connectivity index (χ2v) is 9.18. The number of hydrogen-bond acceptors (Lipinski definition) is 5. The van der Waals surface area contributed by atoms with E-state index in [0.717, 1.165) is 0 Å². The molecule has 0 N–H and O–H groups in total. The van der Waals surface area contributed by atoms with Crippen molar-refractivity contribution in [1.29, 1.82) is 5.26 Å². The summed E-state index contributed by atoms with van der Waals surface area (Å²) in [6.45, 7) is 8.66. The van der Waals surface area contributed by atoms with Gasteiger partial charge in [-0.25, -0.2) is 14.2 Å². The minimum Gasteiger partial charge on any atom is -0.444 e. The van der Waals surface area contributed by atoms with Gasteiger partial charge in [-0.2, -0.15) is 5.26 Å². The second-order valence-electron chi connectivity index (χ2n) is 7.96. The number of hydrogen-bond donors (Lipinski definition) is 0. The number of rotatable bonds is 1. The average molecular weight is 484 g/mol. The zero-order valence-electron chi connectivity index (χ0n) is 16.6. The maximum absolute atomic E-state index is 14.6. The summed E-state index contributed by atoms with van der Waals surface area (Å²) in [5.41, 5.74) is 0.245. The first-order chi connectivity index (χ1) is 13.5. The van der Waals surface area contributed by atoms with Crippen LogP contribution in [0.1, 0.15) is 33.3 Å². The number of piperazine rings is 1. The summed E-state index contributed by atoms with van der Waals surface area (Å²) >= 11 is 9.39. The Morgan fingerprint density at radius 2 is 2.10 bits per heavy atom. The maximum Gasteiger partial charge on any atom is 0.410 e. The number of benzene rings is 1. The van der Waals surface area contributed by atoms with Crippen LogP contribution in [-0.4, -0.2) is 47.3 Å². The molecule has 1 fully saturated rings. The molecule has 0 bridgehead atoms. The van der Waals surface area contributed by atoms with E-state index in [1.807, 2.05) is 32.6 Å². The molecule has 3 rings (SSSR count). The molecule has 1 amide bonds. The molecule has 1 aliphatic heterocycles. The monoisotopic (exact) mass is 482 g/mol. The van der Waals surface area contributed by atoms with E-state index in [9.17, 15) is 14.4 Å². The lowest BCUT2D eigenvalue weighted by atomic mass is 10.0. The van der Waals surface area contributed by atoms with Crippen molar-refractivity contribution >= 4 is 50.2 Å². The zero-order valence-corrected chi connectivity index (χ0v) is 18.9. The highest BCUT2D eigenvalue weighted by Crippen LogP contribution is 2.38. The highest BCUT2D eigenvalue weighted by Gasteiger charge is 2.32. The SMILES string of the molecule is CC1CN(C(=O)OC(C)(C)C)CCN1c1c(C#N)c(Cl)nc2c(F)c(Br)ccc12. The summed E-state index contributed by atoms with van der Waals surface area (Å²) in [7, 11) is 0. The van der Waals surface area contributed by atoms with Gasteiger partial charge in [0.25, 0.3) is 0 Å². The third-order valence-corrected chi connectivity index (χ3v) is 5.54. The largest absolute Gasteiger partial charge is 0.444 e. The maximum atomic E-state index is 14.6. The van der Waals surface area contributed by atoms with Crippen LogP contribution >= 0.6 is 27.5 Å². The van der Waals surface area contributed by atoms with Gasteiger partial charge < -0.3 is 14.5 Å². The van der Waals surface area contributed by atoms with Crippen molar-refractivity contribution in [3.63, 3.8) is 0 Å². The summed E-state index contributed by atoms with van der Waals surface area (Å²) in [6.07, 6.45) is -0.378. The summed E-state index contributed by atoms with van der Waals surface area (Å²) in [4.78, 5) is 20.1. The fourth-order valence-corrected chi connectivity index (χ4v) is 3.94. The van der Waals surface area contributed by atoms with E-state index in [4.69, 9.17) is 16.3 Å². The number of halogens is 3. The van der Waals surface area contributed by atoms with Gasteiger partial charge in [-0.15, -0.1) is 0 Å². The quantitative estimate of drug-likeness (QED) is 0.527. The first-order valence-corrected chi connectivity index (χ1v) is 10.3. The van der Waals surface area contributed by atoms with Crippen molar-refractivity contribution in [2.75, 3.05) is 24.5 Å². The van der Waals surface area contributed by atoms with Gasteiger partial charge in [0.2, 0.25) is 0 Å². The Labute approximate surface area is 182 Å². The van der Waals surface area contributed by atoms with Crippen LogP contribution in [0.5, 0.6) is 0 Å². The molecule has 1 atom stereocenters. The third-order valence-electron chi connectivity index (χ3n) is 4.66. The standard InChI is InChI=1S/C20H21BrClFN4O2/c1-11-10-26(19(28)29-20(2,3)4)7-8-27(11)17-12-5-6-14(21)15(23)16(12)25-18(22)13(17)9-24/h5-6,11H,7-8,10H2,1-4H3. The molecule has 9 heteroatoms. The number of carbonyl (C=O) groups is 1. The fourth-order valence-electron chi connectivity index (χ4n) is 3.41. The first-order valence-electron chi connectivity index (χ1n) is 9.15. The smallest absolute Gasteiger partial charge is 0.410 e. The lowest BCUT2D eigenvalue weighted by Crippen LogP contribution is -2.54. The van der Waals surface area contributed by atoms with Gasteiger partial charge in [-0.1, -0.05) is 11.6 Å². The molecule has 6 nitrogen and oxygen atoms in total. The number of carbonyl (C=O) groups excluding carboxylic acids is 1. The molecule has 0 spiro atoms. The molecule has 1 aromatic heterocycles. The molecule has 2 heterocycles. The summed E-state index contributed by atoms with van der Waals surface area (Å²) in [5.74, 6) is -0.532. The molecule has 29 heavy (non-hydrogen) atoms. The van der Waals surface area contributed by atoms with E-state index in [-0.39, 0.29) is 32.8 Å². The third kappa shape index (κ3) is 4.26. The predicted octanol–water partition coefficient (Wildman–Crippen LogP) is 5.11. The van der Waals surface area contributed by atoms with Crippen molar-refractivity contribution in [3.05, 3.63) is 33.1 Å². The van der Waals surface area contributed by atoms with E-state index in [1.165, 1.54) is 0 Å². The molecule has 0 saturated carbocycles. The Hall–Kier alpha value is -2.11. The lowest BCUT2D eigenvalue weighted by Gasteiger charge is -2.42. The van der Waals surface area contributed by atoms with Gasteiger partial charge in [-0.3, -0.25) is 0 Å². The van der Waals surface area contributed by atoms with Gasteiger partial charge in [0, 0.05) is 31.1 Å².